The SMILES string of the molecule is CCC1(C(=O)O)CCCN1C(=O)Cc1ccccc1O. The molecule has 20 heavy (non-hydrogen) atoms. The minimum atomic E-state index is -1.08. The number of carbonyl (C=O) groups excluding carboxylic acids is 1. The van der Waals surface area contributed by atoms with Crippen molar-refractivity contribution >= 4 is 11.9 Å². The summed E-state index contributed by atoms with van der Waals surface area (Å²) in [5, 5.41) is 19.2. The summed E-state index contributed by atoms with van der Waals surface area (Å²) in [6.07, 6.45) is 1.62. The van der Waals surface area contributed by atoms with Crippen molar-refractivity contribution in [2.45, 2.75) is 38.1 Å². The molecular weight excluding hydrogens is 258 g/mol. The van der Waals surface area contributed by atoms with E-state index in [1.165, 1.54) is 11.0 Å². The number of carboxylic acids is 1. The summed E-state index contributed by atoms with van der Waals surface area (Å²) in [5.41, 5.74) is -0.554. The fourth-order valence-corrected chi connectivity index (χ4v) is 2.90. The van der Waals surface area contributed by atoms with E-state index in [4.69, 9.17) is 0 Å². The molecule has 2 N–H and O–H groups in total. The number of hydrogen-bond acceptors (Lipinski definition) is 3. The number of phenolic OH excluding ortho intramolecular Hbond substituents is 1. The Labute approximate surface area is 117 Å². The summed E-state index contributed by atoms with van der Waals surface area (Å²) in [6.45, 7) is 2.26. The van der Waals surface area contributed by atoms with E-state index in [-0.39, 0.29) is 18.1 Å². The second-order valence-corrected chi connectivity index (χ2v) is 5.14. The van der Waals surface area contributed by atoms with Crippen LogP contribution in [0.15, 0.2) is 24.3 Å². The highest BCUT2D eigenvalue weighted by Crippen LogP contribution is 2.33. The van der Waals surface area contributed by atoms with Crippen molar-refractivity contribution in [1.29, 1.82) is 0 Å². The topological polar surface area (TPSA) is 77.8 Å². The number of carboxylic acid groups (broad SMARTS) is 1. The number of aliphatic carboxylic acids is 1. The van der Waals surface area contributed by atoms with Crippen LogP contribution in [0.5, 0.6) is 5.75 Å². The Bertz CT molecular complexity index is 528. The zero-order chi connectivity index (χ0) is 14.8. The summed E-state index contributed by atoms with van der Waals surface area (Å²) in [7, 11) is 0. The summed E-state index contributed by atoms with van der Waals surface area (Å²) < 4.78 is 0. The molecule has 1 saturated heterocycles. The molecule has 5 nitrogen and oxygen atoms in total. The zero-order valence-corrected chi connectivity index (χ0v) is 11.5. The smallest absolute Gasteiger partial charge is 0.329 e. The molecule has 0 saturated carbocycles. The van der Waals surface area contributed by atoms with Crippen LogP contribution in [-0.4, -0.2) is 39.1 Å². The van der Waals surface area contributed by atoms with Crippen LogP contribution >= 0.6 is 0 Å². The monoisotopic (exact) mass is 277 g/mol. The van der Waals surface area contributed by atoms with Gasteiger partial charge in [-0.25, -0.2) is 4.79 Å². The Morgan fingerprint density at radius 2 is 2.05 bits per heavy atom. The van der Waals surface area contributed by atoms with Crippen LogP contribution in [0.4, 0.5) is 0 Å². The molecule has 1 fully saturated rings. The van der Waals surface area contributed by atoms with E-state index in [1.54, 1.807) is 25.1 Å². The Balaban J connectivity index is 2.21. The third-order valence-corrected chi connectivity index (χ3v) is 4.11. The molecule has 0 aliphatic carbocycles. The van der Waals surface area contributed by atoms with E-state index < -0.39 is 11.5 Å². The highest BCUT2D eigenvalue weighted by atomic mass is 16.4. The fraction of sp³-hybridized carbons (Fsp3) is 0.467. The second kappa shape index (κ2) is 5.53. The van der Waals surface area contributed by atoms with Gasteiger partial charge in [0.1, 0.15) is 11.3 Å². The zero-order valence-electron chi connectivity index (χ0n) is 11.5. The number of carbonyl (C=O) groups is 2. The van der Waals surface area contributed by atoms with E-state index in [9.17, 15) is 19.8 Å². The lowest BCUT2D eigenvalue weighted by Gasteiger charge is -2.34. The third-order valence-electron chi connectivity index (χ3n) is 4.11. The Morgan fingerprint density at radius 3 is 2.65 bits per heavy atom. The molecule has 1 amide bonds. The predicted octanol–water partition coefficient (Wildman–Crippen LogP) is 1.79. The van der Waals surface area contributed by atoms with Crippen molar-refractivity contribution in [3.05, 3.63) is 29.8 Å². The van der Waals surface area contributed by atoms with E-state index in [0.29, 0.717) is 31.4 Å². The first kappa shape index (κ1) is 14.4. The first-order valence-electron chi connectivity index (χ1n) is 6.82. The van der Waals surface area contributed by atoms with Crippen LogP contribution in [0, 0.1) is 0 Å². The van der Waals surface area contributed by atoms with Crippen molar-refractivity contribution in [3.63, 3.8) is 0 Å². The van der Waals surface area contributed by atoms with Crippen LogP contribution < -0.4 is 0 Å². The number of para-hydroxylation sites is 1. The molecule has 1 aromatic carbocycles. The van der Waals surface area contributed by atoms with Gasteiger partial charge in [0, 0.05) is 12.1 Å². The molecule has 1 heterocycles. The highest BCUT2D eigenvalue weighted by molar-refractivity contribution is 5.89. The second-order valence-electron chi connectivity index (χ2n) is 5.14. The quantitative estimate of drug-likeness (QED) is 0.879. The van der Waals surface area contributed by atoms with Crippen molar-refractivity contribution in [2.75, 3.05) is 6.54 Å². The van der Waals surface area contributed by atoms with Gasteiger partial charge < -0.3 is 15.1 Å². The number of hydrogen-bond donors (Lipinski definition) is 2. The number of aromatic hydroxyl groups is 1. The number of amides is 1. The number of likely N-dealkylation sites (tertiary alicyclic amines) is 1. The number of benzene rings is 1. The van der Waals surface area contributed by atoms with Crippen LogP contribution in [-0.2, 0) is 16.0 Å². The lowest BCUT2D eigenvalue weighted by Crippen LogP contribution is -2.53. The van der Waals surface area contributed by atoms with Crippen molar-refractivity contribution < 1.29 is 19.8 Å². The van der Waals surface area contributed by atoms with Gasteiger partial charge in [0.05, 0.1) is 6.42 Å². The van der Waals surface area contributed by atoms with Crippen LogP contribution in [0.3, 0.4) is 0 Å². The molecule has 0 radical (unpaired) electrons. The van der Waals surface area contributed by atoms with Gasteiger partial charge in [0.15, 0.2) is 0 Å². The maximum atomic E-state index is 12.4. The van der Waals surface area contributed by atoms with E-state index >= 15 is 0 Å². The number of nitrogens with zero attached hydrogens (tertiary/aromatic N) is 1. The van der Waals surface area contributed by atoms with Gasteiger partial charge in [0.25, 0.3) is 0 Å². The first-order valence-corrected chi connectivity index (χ1v) is 6.82. The molecule has 1 atom stereocenters. The molecule has 1 unspecified atom stereocenters. The van der Waals surface area contributed by atoms with E-state index in [1.807, 2.05) is 0 Å². The largest absolute Gasteiger partial charge is 0.508 e. The van der Waals surface area contributed by atoms with Gasteiger partial charge in [-0.05, 0) is 25.3 Å². The molecule has 1 aromatic rings. The summed E-state index contributed by atoms with van der Waals surface area (Å²) in [5.74, 6) is -1.12. The molecule has 0 aromatic heterocycles. The maximum Gasteiger partial charge on any atom is 0.329 e. The molecule has 0 bridgehead atoms. The minimum absolute atomic E-state index is 0.0295. The lowest BCUT2D eigenvalue weighted by molar-refractivity contribution is -0.156. The van der Waals surface area contributed by atoms with E-state index in [2.05, 4.69) is 0 Å². The molecule has 1 aliphatic heterocycles. The van der Waals surface area contributed by atoms with Gasteiger partial charge in [-0.15, -0.1) is 0 Å². The van der Waals surface area contributed by atoms with Crippen molar-refractivity contribution in [3.8, 4) is 5.75 Å². The first-order chi connectivity index (χ1) is 9.51. The number of rotatable bonds is 4. The van der Waals surface area contributed by atoms with Gasteiger partial charge in [-0.1, -0.05) is 25.1 Å². The standard InChI is InChI=1S/C15H19NO4/c1-2-15(14(19)20)8-5-9-16(15)13(18)10-11-6-3-4-7-12(11)17/h3-4,6-7,17H,2,5,8-10H2,1H3,(H,19,20). The van der Waals surface area contributed by atoms with Gasteiger partial charge in [-0.2, -0.15) is 0 Å². The number of phenols is 1. The average Bonchev–Trinajstić information content (AvgIpc) is 2.86. The highest BCUT2D eigenvalue weighted by Gasteiger charge is 2.48. The Hall–Kier alpha value is -2.04. The molecule has 108 valence electrons. The predicted molar refractivity (Wildman–Crippen MR) is 73.4 cm³/mol. The van der Waals surface area contributed by atoms with Gasteiger partial charge in [0.2, 0.25) is 5.91 Å². The normalized spacial score (nSPS) is 21.9. The minimum Gasteiger partial charge on any atom is -0.508 e. The van der Waals surface area contributed by atoms with Crippen molar-refractivity contribution in [1.82, 2.24) is 4.90 Å². The maximum absolute atomic E-state index is 12.4. The average molecular weight is 277 g/mol. The van der Waals surface area contributed by atoms with Gasteiger partial charge in [-0.3, -0.25) is 4.79 Å². The van der Waals surface area contributed by atoms with Gasteiger partial charge >= 0.3 is 5.97 Å². The fourth-order valence-electron chi connectivity index (χ4n) is 2.90. The van der Waals surface area contributed by atoms with E-state index in [0.717, 1.165) is 0 Å². The summed E-state index contributed by atoms with van der Waals surface area (Å²) >= 11 is 0. The van der Waals surface area contributed by atoms with Crippen LogP contribution in [0.1, 0.15) is 31.7 Å². The molecule has 5 heteroatoms. The summed E-state index contributed by atoms with van der Waals surface area (Å²) in [4.78, 5) is 25.4. The molecule has 1 aliphatic rings. The Morgan fingerprint density at radius 1 is 1.35 bits per heavy atom. The van der Waals surface area contributed by atoms with Crippen LogP contribution in [0.2, 0.25) is 0 Å². The molecule has 2 rings (SSSR count). The summed E-state index contributed by atoms with van der Waals surface area (Å²) in [6, 6.07) is 6.64. The molecular formula is C15H19NO4. The lowest BCUT2D eigenvalue weighted by atomic mass is 9.92. The van der Waals surface area contributed by atoms with Crippen LogP contribution in [0.25, 0.3) is 0 Å². The van der Waals surface area contributed by atoms with Crippen molar-refractivity contribution in [2.24, 2.45) is 0 Å². The third kappa shape index (κ3) is 2.35. The Kier molecular flexibility index (Phi) is 3.97. The molecule has 0 spiro atoms.